The molecule has 0 amide bonds. The number of ether oxygens (including phenoxy) is 4. The van der Waals surface area contributed by atoms with E-state index in [2.05, 4.69) is 9.97 Å². The Bertz CT molecular complexity index is 1640. The summed E-state index contributed by atoms with van der Waals surface area (Å²) < 4.78 is 27.8. The molecule has 0 spiro atoms. The average molecular weight is 649 g/mol. The fraction of sp³-hybridized carbons (Fsp3) is 0.517. The quantitative estimate of drug-likeness (QED) is 0.257. The summed E-state index contributed by atoms with van der Waals surface area (Å²) in [6.45, 7) is 5.35. The molecule has 0 aromatic carbocycles. The number of rotatable bonds is 6. The highest BCUT2D eigenvalue weighted by atomic mass is 16.7. The first-order chi connectivity index (χ1) is 21.0. The third-order valence-electron chi connectivity index (χ3n) is 7.92. The molecule has 0 bridgehead atoms. The molecule has 0 saturated carbocycles. The van der Waals surface area contributed by atoms with Crippen molar-refractivity contribution in [1.82, 2.24) is 28.4 Å². The zero-order valence-corrected chi connectivity index (χ0v) is 23.9. The Balaban J connectivity index is 0.000000240. The maximum absolute atomic E-state index is 11.8. The first kappa shape index (κ1) is 35.7. The Morgan fingerprint density at radius 3 is 1.59 bits per heavy atom. The molecule has 2 aliphatic heterocycles. The van der Waals surface area contributed by atoms with Crippen molar-refractivity contribution in [1.29, 1.82) is 0 Å². The van der Waals surface area contributed by atoms with Crippen LogP contribution < -0.4 is 10.9 Å². The van der Waals surface area contributed by atoms with E-state index in [1.807, 2.05) is 13.8 Å². The number of aromatic nitrogens is 6. The van der Waals surface area contributed by atoms with Crippen LogP contribution in [-0.4, -0.2) is 87.0 Å². The van der Waals surface area contributed by atoms with Crippen LogP contribution >= 0.6 is 0 Å². The number of aliphatic hydroxyl groups excluding tert-OH is 1. The number of fused-ring (bicyclic) bond motifs is 2. The molecule has 2 fully saturated rings. The van der Waals surface area contributed by atoms with Gasteiger partial charge < -0.3 is 34.3 Å². The maximum Gasteiger partial charge on any atom is 0.506 e. The molecule has 46 heavy (non-hydrogen) atoms. The minimum atomic E-state index is -1.42. The summed E-state index contributed by atoms with van der Waals surface area (Å²) in [4.78, 5) is 53.4. The lowest BCUT2D eigenvalue weighted by atomic mass is 9.99. The number of nitrogens with zero attached hydrogens (tertiary/aromatic N) is 6. The first-order valence-electron chi connectivity index (χ1n) is 13.9. The maximum atomic E-state index is 11.8. The number of hydrogen-bond acceptors (Lipinski definition) is 11. The topological polar surface area (TPSA) is 210 Å². The normalized spacial score (nSPS) is 26.9. The van der Waals surface area contributed by atoms with Crippen molar-refractivity contribution < 1.29 is 43.9 Å². The summed E-state index contributed by atoms with van der Waals surface area (Å²) in [5.41, 5.74) is -0.0233. The van der Waals surface area contributed by atoms with Crippen molar-refractivity contribution in [2.75, 3.05) is 6.61 Å². The van der Waals surface area contributed by atoms with Crippen LogP contribution in [0.15, 0.2) is 58.9 Å². The third kappa shape index (κ3) is 6.61. The Morgan fingerprint density at radius 2 is 1.20 bits per heavy atom. The van der Waals surface area contributed by atoms with Gasteiger partial charge >= 0.3 is 12.3 Å². The summed E-state index contributed by atoms with van der Waals surface area (Å²) in [5.74, 6) is -0.437. The van der Waals surface area contributed by atoms with Gasteiger partial charge in [-0.1, -0.05) is 35.6 Å². The van der Waals surface area contributed by atoms with Gasteiger partial charge in [-0.2, -0.15) is 0 Å². The second-order valence-electron chi connectivity index (χ2n) is 10.4. The van der Waals surface area contributed by atoms with Crippen LogP contribution in [0.25, 0.3) is 11.3 Å². The van der Waals surface area contributed by atoms with Gasteiger partial charge in [0, 0.05) is 61.1 Å². The molecule has 2 aliphatic rings. The Labute approximate surface area is 263 Å². The fourth-order valence-electron chi connectivity index (χ4n) is 5.69. The second kappa shape index (κ2) is 14.6. The number of imidazole rings is 2. The van der Waals surface area contributed by atoms with Gasteiger partial charge in [0.1, 0.15) is 0 Å². The van der Waals surface area contributed by atoms with Gasteiger partial charge in [0.15, 0.2) is 36.0 Å². The molecule has 3 N–H and O–H groups in total. The van der Waals surface area contributed by atoms with E-state index in [4.69, 9.17) is 29.2 Å². The number of carbonyl (C=O) groups is 2. The van der Waals surface area contributed by atoms with Crippen LogP contribution in [0.3, 0.4) is 0 Å². The van der Waals surface area contributed by atoms with Crippen molar-refractivity contribution in [3.63, 3.8) is 0 Å². The van der Waals surface area contributed by atoms with Crippen molar-refractivity contribution in [3.8, 4) is 0 Å². The van der Waals surface area contributed by atoms with E-state index in [1.165, 1.54) is 39.9 Å². The van der Waals surface area contributed by atoms with Gasteiger partial charge in [0.2, 0.25) is 10.9 Å². The molecule has 8 atom stereocenters. The van der Waals surface area contributed by atoms with E-state index in [0.29, 0.717) is 0 Å². The predicted octanol–water partition coefficient (Wildman–Crippen LogP) is 2.86. The SMILES string of the molecule is C.C.CC[C@H]1O[C@@H](n2ccc(=O)c3nccn32)[C@H](OC(=O)O)[C@@H]1C.C[C@H]1[C@@H](OC(=O)O)[C@H](n2ccc(=O)c3nccn32)O[C@@H]1CO. The zero-order valence-electron chi connectivity index (χ0n) is 23.9. The van der Waals surface area contributed by atoms with Crippen LogP contribution in [0.4, 0.5) is 9.59 Å². The molecule has 17 nitrogen and oxygen atoms in total. The van der Waals surface area contributed by atoms with E-state index in [-0.39, 0.29) is 61.6 Å². The van der Waals surface area contributed by atoms with E-state index < -0.39 is 43.1 Å². The van der Waals surface area contributed by atoms with E-state index >= 15 is 0 Å². The lowest BCUT2D eigenvalue weighted by Gasteiger charge is -2.23. The second-order valence-corrected chi connectivity index (χ2v) is 10.4. The van der Waals surface area contributed by atoms with Crippen molar-refractivity contribution in [2.45, 2.75) is 78.9 Å². The molecule has 6 heterocycles. The van der Waals surface area contributed by atoms with Gasteiger partial charge in [0.25, 0.3) is 0 Å². The van der Waals surface area contributed by atoms with Crippen LogP contribution in [-0.2, 0) is 18.9 Å². The van der Waals surface area contributed by atoms with Crippen LogP contribution in [0.2, 0.25) is 0 Å². The molecule has 0 aliphatic carbocycles. The Hall–Kier alpha value is -4.74. The molecule has 0 unspecified atom stereocenters. The highest BCUT2D eigenvalue weighted by molar-refractivity contribution is 5.57. The molecular formula is C29H40N6O11. The minimum absolute atomic E-state index is 0. The van der Waals surface area contributed by atoms with Crippen molar-refractivity contribution >= 4 is 23.6 Å². The van der Waals surface area contributed by atoms with Crippen LogP contribution in [0.5, 0.6) is 0 Å². The monoisotopic (exact) mass is 648 g/mol. The van der Waals surface area contributed by atoms with E-state index in [9.17, 15) is 24.3 Å². The predicted molar refractivity (Wildman–Crippen MR) is 162 cm³/mol. The molecule has 4 aromatic rings. The molecule has 2 saturated heterocycles. The van der Waals surface area contributed by atoms with Gasteiger partial charge in [-0.25, -0.2) is 28.6 Å². The smallest absolute Gasteiger partial charge is 0.450 e. The molecule has 6 rings (SSSR count). The minimum Gasteiger partial charge on any atom is -0.450 e. The van der Waals surface area contributed by atoms with Crippen LogP contribution in [0.1, 0.15) is 54.5 Å². The number of aliphatic hydroxyl groups is 1. The molecule has 0 radical (unpaired) electrons. The van der Waals surface area contributed by atoms with Gasteiger partial charge in [-0.15, -0.1) is 0 Å². The average Bonchev–Trinajstić information content (AvgIpc) is 3.78. The van der Waals surface area contributed by atoms with E-state index in [0.717, 1.165) is 6.42 Å². The summed E-state index contributed by atoms with van der Waals surface area (Å²) in [6.07, 6.45) is 3.57. The summed E-state index contributed by atoms with van der Waals surface area (Å²) >= 11 is 0. The van der Waals surface area contributed by atoms with Gasteiger partial charge in [-0.05, 0) is 6.42 Å². The Kier molecular flexibility index (Phi) is 11.3. The van der Waals surface area contributed by atoms with Gasteiger partial charge in [0.05, 0.1) is 18.8 Å². The van der Waals surface area contributed by atoms with Crippen molar-refractivity contribution in [3.05, 3.63) is 69.8 Å². The fourth-order valence-corrected chi connectivity index (χ4v) is 5.69. The lowest BCUT2D eigenvalue weighted by molar-refractivity contribution is -0.0682. The molecule has 4 aromatic heterocycles. The molecule has 17 heteroatoms. The summed E-state index contributed by atoms with van der Waals surface area (Å²) in [6, 6.07) is 2.70. The largest absolute Gasteiger partial charge is 0.506 e. The summed E-state index contributed by atoms with van der Waals surface area (Å²) in [7, 11) is 0. The van der Waals surface area contributed by atoms with Crippen molar-refractivity contribution in [2.24, 2.45) is 11.8 Å². The highest BCUT2D eigenvalue weighted by Gasteiger charge is 2.46. The summed E-state index contributed by atoms with van der Waals surface area (Å²) in [5, 5.41) is 27.3. The highest BCUT2D eigenvalue weighted by Crippen LogP contribution is 2.37. The first-order valence-corrected chi connectivity index (χ1v) is 13.9. The molecule has 252 valence electrons. The lowest BCUT2D eigenvalue weighted by Crippen LogP contribution is -2.32. The third-order valence-corrected chi connectivity index (χ3v) is 7.92. The standard InChI is InChI=1S/C14H17N3O5.C13H15N3O6.2CH4/c1-3-10-8(2)11(22-14(19)20)13(21-10)17-6-4-9(18)12-15-5-7-16(12)17;1-7-9(6-17)21-12(10(7)22-13(19)20)16-4-2-8(18)11-14-3-5-15(11)16;;/h4-8,10-11,13H,3H2,1-2H3,(H,19,20);2-5,7,9-10,12,17H,6H2,1H3,(H,19,20);2*1H4/t8-,10-,11-,13-;7-,9-,10-,12-;;/m11../s1. The number of hydrogen-bond donors (Lipinski definition) is 3. The Morgan fingerprint density at radius 1 is 0.783 bits per heavy atom. The van der Waals surface area contributed by atoms with Gasteiger partial charge in [-0.3, -0.25) is 19.0 Å². The van der Waals surface area contributed by atoms with E-state index in [1.54, 1.807) is 34.7 Å². The number of carboxylic acid groups (broad SMARTS) is 2. The molecular weight excluding hydrogens is 608 g/mol. The zero-order chi connectivity index (χ0) is 31.7. The van der Waals surface area contributed by atoms with Crippen LogP contribution in [0, 0.1) is 11.8 Å².